The third-order valence-corrected chi connectivity index (χ3v) is 4.53. The predicted molar refractivity (Wildman–Crippen MR) is 102 cm³/mol. The zero-order valence-corrected chi connectivity index (χ0v) is 14.7. The zero-order chi connectivity index (χ0) is 17.6. The molecule has 128 valence electrons. The van der Waals surface area contributed by atoms with E-state index in [4.69, 9.17) is 22.6 Å². The summed E-state index contributed by atoms with van der Waals surface area (Å²) in [5.74, 6) is 0.554. The number of nitriles is 1. The van der Waals surface area contributed by atoms with Crippen molar-refractivity contribution in [2.75, 3.05) is 31.1 Å². The number of aliphatic imine (C=N–C) groups is 1. The Labute approximate surface area is 152 Å². The van der Waals surface area contributed by atoms with Gasteiger partial charge < -0.3 is 15.5 Å². The summed E-state index contributed by atoms with van der Waals surface area (Å²) in [7, 11) is 0. The molecule has 1 aliphatic rings. The van der Waals surface area contributed by atoms with Crippen molar-refractivity contribution >= 4 is 23.2 Å². The van der Waals surface area contributed by atoms with E-state index in [1.165, 1.54) is 5.69 Å². The van der Waals surface area contributed by atoms with Crippen LogP contribution in [0.4, 0.5) is 5.69 Å². The predicted octanol–water partition coefficient (Wildman–Crippen LogP) is 2.85. The number of benzene rings is 2. The van der Waals surface area contributed by atoms with Gasteiger partial charge in [0.15, 0.2) is 5.96 Å². The minimum Gasteiger partial charge on any atom is -0.370 e. The third kappa shape index (κ3) is 4.43. The Balaban J connectivity index is 1.56. The molecule has 5 nitrogen and oxygen atoms in total. The van der Waals surface area contributed by atoms with E-state index >= 15 is 0 Å². The van der Waals surface area contributed by atoms with Crippen molar-refractivity contribution in [1.82, 2.24) is 4.90 Å². The molecule has 0 radical (unpaired) electrons. The number of nitrogens with zero attached hydrogens (tertiary/aromatic N) is 4. The molecular formula is C19H20ClN5. The van der Waals surface area contributed by atoms with E-state index in [1.54, 1.807) is 6.07 Å². The fourth-order valence-electron chi connectivity index (χ4n) is 2.86. The van der Waals surface area contributed by atoms with Crippen LogP contribution in [0.5, 0.6) is 0 Å². The lowest BCUT2D eigenvalue weighted by molar-refractivity contribution is 0.380. The van der Waals surface area contributed by atoms with Crippen LogP contribution in [-0.2, 0) is 6.54 Å². The fourth-order valence-corrected chi connectivity index (χ4v) is 2.98. The number of guanidine groups is 1. The second-order valence-corrected chi connectivity index (χ2v) is 6.37. The Morgan fingerprint density at radius 2 is 1.84 bits per heavy atom. The lowest BCUT2D eigenvalue weighted by atomic mass is 10.1. The first-order valence-electron chi connectivity index (χ1n) is 8.20. The molecule has 2 aromatic carbocycles. The molecule has 1 saturated heterocycles. The van der Waals surface area contributed by atoms with Gasteiger partial charge in [0, 0.05) is 36.9 Å². The van der Waals surface area contributed by atoms with Crippen molar-refractivity contribution < 1.29 is 0 Å². The molecule has 0 bridgehead atoms. The van der Waals surface area contributed by atoms with Crippen molar-refractivity contribution in [3.63, 3.8) is 0 Å². The molecule has 1 aliphatic heterocycles. The molecule has 0 amide bonds. The second kappa shape index (κ2) is 7.91. The summed E-state index contributed by atoms with van der Waals surface area (Å²) < 4.78 is 0. The number of halogens is 1. The Bertz CT molecular complexity index is 786. The molecule has 0 spiro atoms. The summed E-state index contributed by atoms with van der Waals surface area (Å²) in [6.07, 6.45) is 0. The smallest absolute Gasteiger partial charge is 0.191 e. The van der Waals surface area contributed by atoms with Crippen LogP contribution in [0.1, 0.15) is 11.1 Å². The number of anilines is 1. The molecule has 2 N–H and O–H groups in total. The van der Waals surface area contributed by atoms with Gasteiger partial charge in [-0.25, -0.2) is 4.99 Å². The van der Waals surface area contributed by atoms with Crippen molar-refractivity contribution in [3.05, 3.63) is 64.7 Å². The van der Waals surface area contributed by atoms with Gasteiger partial charge in [-0.2, -0.15) is 5.26 Å². The van der Waals surface area contributed by atoms with Gasteiger partial charge in [0.05, 0.1) is 18.2 Å². The molecule has 2 aromatic rings. The van der Waals surface area contributed by atoms with Gasteiger partial charge in [-0.15, -0.1) is 0 Å². The molecule has 0 unspecified atom stereocenters. The maximum atomic E-state index is 8.95. The van der Waals surface area contributed by atoms with Gasteiger partial charge in [0.25, 0.3) is 0 Å². The van der Waals surface area contributed by atoms with Crippen LogP contribution < -0.4 is 10.6 Å². The number of hydrogen-bond donors (Lipinski definition) is 1. The zero-order valence-electron chi connectivity index (χ0n) is 13.9. The van der Waals surface area contributed by atoms with Gasteiger partial charge in [-0.05, 0) is 42.0 Å². The Morgan fingerprint density at radius 1 is 1.12 bits per heavy atom. The average molecular weight is 354 g/mol. The largest absolute Gasteiger partial charge is 0.370 e. The number of nitrogens with two attached hydrogens (primary N) is 1. The van der Waals surface area contributed by atoms with E-state index in [2.05, 4.69) is 20.9 Å². The van der Waals surface area contributed by atoms with E-state index in [-0.39, 0.29) is 0 Å². The van der Waals surface area contributed by atoms with Crippen LogP contribution in [-0.4, -0.2) is 37.0 Å². The minimum absolute atomic E-state index is 0.485. The molecule has 1 heterocycles. The fraction of sp³-hybridized carbons (Fsp3) is 0.263. The number of piperazine rings is 1. The minimum atomic E-state index is 0.485. The SMILES string of the molecule is N#Cc1cccc(CN=C(N)N2CCN(c3ccc(Cl)cc3)CC2)c1. The third-order valence-electron chi connectivity index (χ3n) is 4.28. The summed E-state index contributed by atoms with van der Waals surface area (Å²) in [6.45, 7) is 3.93. The van der Waals surface area contributed by atoms with Crippen molar-refractivity contribution in [2.24, 2.45) is 10.7 Å². The first kappa shape index (κ1) is 17.1. The summed E-state index contributed by atoms with van der Waals surface area (Å²) in [5, 5.41) is 9.70. The van der Waals surface area contributed by atoms with Gasteiger partial charge in [0.1, 0.15) is 0 Å². The Kier molecular flexibility index (Phi) is 5.42. The molecular weight excluding hydrogens is 334 g/mol. The molecule has 25 heavy (non-hydrogen) atoms. The molecule has 0 saturated carbocycles. The van der Waals surface area contributed by atoms with Crippen molar-refractivity contribution in [2.45, 2.75) is 6.54 Å². The maximum absolute atomic E-state index is 8.95. The van der Waals surface area contributed by atoms with Crippen molar-refractivity contribution in [1.29, 1.82) is 5.26 Å². The highest BCUT2D eigenvalue weighted by Crippen LogP contribution is 2.19. The van der Waals surface area contributed by atoms with Crippen LogP contribution in [0.25, 0.3) is 0 Å². The molecule has 0 aromatic heterocycles. The van der Waals surface area contributed by atoms with Crippen molar-refractivity contribution in [3.8, 4) is 6.07 Å². The summed E-state index contributed by atoms with van der Waals surface area (Å²) in [5.41, 5.74) is 8.95. The highest BCUT2D eigenvalue weighted by Gasteiger charge is 2.18. The lowest BCUT2D eigenvalue weighted by Gasteiger charge is -2.36. The van der Waals surface area contributed by atoms with E-state index in [1.807, 2.05) is 42.5 Å². The van der Waals surface area contributed by atoms with Crippen LogP contribution in [0.2, 0.25) is 5.02 Å². The topological polar surface area (TPSA) is 68.6 Å². The van der Waals surface area contributed by atoms with Crippen LogP contribution in [0.3, 0.4) is 0 Å². The number of rotatable bonds is 3. The van der Waals surface area contributed by atoms with Crippen LogP contribution >= 0.6 is 11.6 Å². The van der Waals surface area contributed by atoms with Gasteiger partial charge in [0.2, 0.25) is 0 Å². The summed E-state index contributed by atoms with van der Waals surface area (Å²) in [6, 6.07) is 17.5. The lowest BCUT2D eigenvalue weighted by Crippen LogP contribution is -2.51. The Hall–Kier alpha value is -2.71. The summed E-state index contributed by atoms with van der Waals surface area (Å²) >= 11 is 5.94. The molecule has 0 atom stereocenters. The highest BCUT2D eigenvalue weighted by molar-refractivity contribution is 6.30. The van der Waals surface area contributed by atoms with Crippen LogP contribution in [0.15, 0.2) is 53.5 Å². The van der Waals surface area contributed by atoms with E-state index in [0.717, 1.165) is 36.8 Å². The van der Waals surface area contributed by atoms with Crippen LogP contribution in [0, 0.1) is 11.3 Å². The normalized spacial score (nSPS) is 15.1. The maximum Gasteiger partial charge on any atom is 0.191 e. The second-order valence-electron chi connectivity index (χ2n) is 5.94. The van der Waals surface area contributed by atoms with Gasteiger partial charge in [-0.1, -0.05) is 23.7 Å². The first-order chi connectivity index (χ1) is 12.2. The standard InChI is InChI=1S/C19H20ClN5/c20-17-4-6-18(7-5-17)24-8-10-25(11-9-24)19(22)23-14-16-3-1-2-15(12-16)13-21/h1-7,12H,8-11,14H2,(H2,22,23). The first-order valence-corrected chi connectivity index (χ1v) is 8.58. The summed E-state index contributed by atoms with van der Waals surface area (Å²) in [4.78, 5) is 8.89. The molecule has 0 aliphatic carbocycles. The quantitative estimate of drug-likeness (QED) is 0.680. The van der Waals surface area contributed by atoms with E-state index < -0.39 is 0 Å². The Morgan fingerprint density at radius 3 is 2.52 bits per heavy atom. The molecule has 1 fully saturated rings. The molecule has 6 heteroatoms. The highest BCUT2D eigenvalue weighted by atomic mass is 35.5. The average Bonchev–Trinajstić information content (AvgIpc) is 2.67. The van der Waals surface area contributed by atoms with Gasteiger partial charge in [-0.3, -0.25) is 0 Å². The van der Waals surface area contributed by atoms with E-state index in [0.29, 0.717) is 18.1 Å². The van der Waals surface area contributed by atoms with E-state index in [9.17, 15) is 0 Å². The monoisotopic (exact) mass is 353 g/mol. The molecule has 3 rings (SSSR count). The number of hydrogen-bond acceptors (Lipinski definition) is 3. The van der Waals surface area contributed by atoms with Gasteiger partial charge >= 0.3 is 0 Å².